The lowest BCUT2D eigenvalue weighted by Gasteiger charge is -2.17. The number of halogens is 1. The van der Waals surface area contributed by atoms with Crippen molar-refractivity contribution in [2.75, 3.05) is 5.75 Å². The monoisotopic (exact) mass is 481 g/mol. The Morgan fingerprint density at radius 2 is 2.00 bits per heavy atom. The van der Waals surface area contributed by atoms with Crippen molar-refractivity contribution in [1.29, 1.82) is 0 Å². The van der Waals surface area contributed by atoms with Crippen molar-refractivity contribution in [3.63, 3.8) is 0 Å². The Balaban J connectivity index is 1.42. The summed E-state index contributed by atoms with van der Waals surface area (Å²) in [4.78, 5) is 17.4. The van der Waals surface area contributed by atoms with Gasteiger partial charge in [0.05, 0.1) is 10.8 Å². The first kappa shape index (κ1) is 21.9. The lowest BCUT2D eigenvalue weighted by molar-refractivity contribution is 0.102. The van der Waals surface area contributed by atoms with Crippen LogP contribution in [0.25, 0.3) is 17.3 Å². The van der Waals surface area contributed by atoms with Gasteiger partial charge in [-0.15, -0.1) is 10.2 Å². The van der Waals surface area contributed by atoms with Crippen LogP contribution in [-0.4, -0.2) is 46.0 Å². The summed E-state index contributed by atoms with van der Waals surface area (Å²) >= 11 is 7.91. The Morgan fingerprint density at radius 1 is 1.21 bits per heavy atom. The van der Waals surface area contributed by atoms with Crippen molar-refractivity contribution in [3.05, 3.63) is 58.6 Å². The maximum Gasteiger partial charge on any atom is 0.229 e. The van der Waals surface area contributed by atoms with Crippen molar-refractivity contribution < 1.29 is 4.79 Å². The van der Waals surface area contributed by atoms with Gasteiger partial charge in [-0.2, -0.15) is 10.1 Å². The van der Waals surface area contributed by atoms with Crippen molar-refractivity contribution in [2.45, 2.75) is 50.7 Å². The third-order valence-corrected chi connectivity index (χ3v) is 7.42. The summed E-state index contributed by atoms with van der Waals surface area (Å²) in [6.07, 6.45) is 5.98. The fourth-order valence-corrected chi connectivity index (χ4v) is 5.69. The molecule has 0 bridgehead atoms. The van der Waals surface area contributed by atoms with Gasteiger partial charge in [0.25, 0.3) is 0 Å². The second-order valence-electron chi connectivity index (χ2n) is 8.24. The standard InChI is InChI=1S/C23H24ClN7OS/c1-14-11-18(15(2)30(14)22-25-13-26-28-22)20(32)12-33-23-29-27-21(17-9-5-6-10-19(17)24)31(23)16-7-3-4-8-16/h5-6,9-11,13,16H,3-4,7-8,12H2,1-2H3,(H,25,26,28). The largest absolute Gasteiger partial charge is 0.299 e. The van der Waals surface area contributed by atoms with Crippen molar-refractivity contribution in [3.8, 4) is 17.3 Å². The van der Waals surface area contributed by atoms with Gasteiger partial charge >= 0.3 is 0 Å². The minimum atomic E-state index is 0.0409. The SMILES string of the molecule is Cc1cc(C(=O)CSc2nnc(-c3ccccc3Cl)n2C2CCCC2)c(C)n1-c1ncn[nH]1. The summed E-state index contributed by atoms with van der Waals surface area (Å²) in [6, 6.07) is 9.92. The van der Waals surface area contributed by atoms with Crippen molar-refractivity contribution >= 4 is 29.1 Å². The van der Waals surface area contributed by atoms with Gasteiger partial charge in [0.15, 0.2) is 16.8 Å². The molecule has 170 valence electrons. The first-order valence-corrected chi connectivity index (χ1v) is 12.3. The van der Waals surface area contributed by atoms with E-state index in [1.54, 1.807) is 0 Å². The molecule has 0 spiro atoms. The minimum absolute atomic E-state index is 0.0409. The molecule has 1 aromatic carbocycles. The predicted octanol–water partition coefficient (Wildman–Crippen LogP) is 5.21. The summed E-state index contributed by atoms with van der Waals surface area (Å²) in [5.74, 6) is 1.68. The van der Waals surface area contributed by atoms with Crippen molar-refractivity contribution in [1.82, 2.24) is 34.5 Å². The molecule has 0 saturated heterocycles. The maximum atomic E-state index is 13.2. The number of hydrogen-bond acceptors (Lipinski definition) is 6. The lowest BCUT2D eigenvalue weighted by Crippen LogP contribution is -2.10. The molecule has 8 nitrogen and oxygen atoms in total. The number of carbonyl (C=O) groups excluding carboxylic acids is 1. The Kier molecular flexibility index (Phi) is 6.07. The molecule has 5 rings (SSSR count). The van der Waals surface area contributed by atoms with Gasteiger partial charge in [-0.25, -0.2) is 5.10 Å². The fourth-order valence-electron chi connectivity index (χ4n) is 4.58. The molecule has 1 saturated carbocycles. The smallest absolute Gasteiger partial charge is 0.229 e. The van der Waals surface area contributed by atoms with Crippen LogP contribution in [0.3, 0.4) is 0 Å². The van der Waals surface area contributed by atoms with Crippen LogP contribution in [0, 0.1) is 13.8 Å². The summed E-state index contributed by atoms with van der Waals surface area (Å²) < 4.78 is 4.09. The van der Waals surface area contributed by atoms with Gasteiger partial charge in [-0.1, -0.05) is 48.3 Å². The molecule has 0 aliphatic heterocycles. The van der Waals surface area contributed by atoms with Gasteiger partial charge in [-0.05, 0) is 44.9 Å². The molecule has 1 aliphatic rings. The molecule has 1 fully saturated rings. The van der Waals surface area contributed by atoms with Crippen LogP contribution in [0.15, 0.2) is 41.8 Å². The summed E-state index contributed by atoms with van der Waals surface area (Å²) in [6.45, 7) is 3.87. The highest BCUT2D eigenvalue weighted by atomic mass is 35.5. The first-order valence-electron chi connectivity index (χ1n) is 10.9. The van der Waals surface area contributed by atoms with Gasteiger partial charge in [0.1, 0.15) is 6.33 Å². The summed E-state index contributed by atoms with van der Waals surface area (Å²) in [5, 5.41) is 17.1. The minimum Gasteiger partial charge on any atom is -0.299 e. The molecular formula is C23H24ClN7OS. The third-order valence-electron chi connectivity index (χ3n) is 6.15. The van der Waals surface area contributed by atoms with E-state index in [1.165, 1.54) is 30.9 Å². The molecule has 0 radical (unpaired) electrons. The van der Waals surface area contributed by atoms with Gasteiger partial charge in [0.2, 0.25) is 5.95 Å². The van der Waals surface area contributed by atoms with Crippen LogP contribution < -0.4 is 0 Å². The second kappa shape index (κ2) is 9.15. The molecule has 1 aliphatic carbocycles. The van der Waals surface area contributed by atoms with E-state index in [2.05, 4.69) is 29.9 Å². The second-order valence-corrected chi connectivity index (χ2v) is 9.59. The zero-order chi connectivity index (χ0) is 22.9. The topological polar surface area (TPSA) is 94.3 Å². The number of aryl methyl sites for hydroxylation is 1. The highest BCUT2D eigenvalue weighted by molar-refractivity contribution is 7.99. The molecule has 0 amide bonds. The number of aromatic nitrogens is 7. The van der Waals surface area contributed by atoms with E-state index in [-0.39, 0.29) is 11.5 Å². The quantitative estimate of drug-likeness (QED) is 0.287. The number of hydrogen-bond donors (Lipinski definition) is 1. The number of carbonyl (C=O) groups is 1. The number of Topliss-reactive ketones (excluding diaryl/α,β-unsaturated/α-hetero) is 1. The van der Waals surface area contributed by atoms with E-state index in [0.29, 0.717) is 22.6 Å². The number of ketones is 1. The number of H-pyrrole nitrogens is 1. The van der Waals surface area contributed by atoms with Crippen LogP contribution in [0.5, 0.6) is 0 Å². The predicted molar refractivity (Wildman–Crippen MR) is 128 cm³/mol. The van der Waals surface area contributed by atoms with Crippen LogP contribution in [0.4, 0.5) is 0 Å². The number of nitrogens with one attached hydrogen (secondary N) is 1. The van der Waals surface area contributed by atoms with Crippen LogP contribution >= 0.6 is 23.4 Å². The molecule has 1 N–H and O–H groups in total. The number of rotatable bonds is 7. The molecule has 10 heteroatoms. The van der Waals surface area contributed by atoms with E-state index < -0.39 is 0 Å². The third kappa shape index (κ3) is 4.11. The number of nitrogens with zero attached hydrogens (tertiary/aromatic N) is 6. The van der Waals surface area contributed by atoms with Crippen molar-refractivity contribution in [2.24, 2.45) is 0 Å². The molecule has 0 unspecified atom stereocenters. The van der Waals surface area contributed by atoms with E-state index in [4.69, 9.17) is 11.6 Å². The molecule has 3 aromatic heterocycles. The summed E-state index contributed by atoms with van der Waals surface area (Å²) in [5.41, 5.74) is 3.30. The Bertz CT molecular complexity index is 1290. The maximum absolute atomic E-state index is 13.2. The normalized spacial score (nSPS) is 14.3. The fraction of sp³-hybridized carbons (Fsp3) is 0.348. The Morgan fingerprint density at radius 3 is 2.73 bits per heavy atom. The Labute approximate surface area is 200 Å². The molecule has 33 heavy (non-hydrogen) atoms. The van der Waals surface area contributed by atoms with E-state index >= 15 is 0 Å². The van der Waals surface area contributed by atoms with Crippen LogP contribution in [0.2, 0.25) is 5.02 Å². The van der Waals surface area contributed by atoms with Crippen LogP contribution in [0.1, 0.15) is 53.5 Å². The lowest BCUT2D eigenvalue weighted by atomic mass is 10.2. The van der Waals surface area contributed by atoms with E-state index in [9.17, 15) is 4.79 Å². The van der Waals surface area contributed by atoms with Gasteiger partial charge < -0.3 is 0 Å². The Hall–Kier alpha value is -2.91. The van der Waals surface area contributed by atoms with E-state index in [1.807, 2.05) is 48.7 Å². The van der Waals surface area contributed by atoms with E-state index in [0.717, 1.165) is 40.8 Å². The van der Waals surface area contributed by atoms with Crippen LogP contribution in [-0.2, 0) is 0 Å². The van der Waals surface area contributed by atoms with Gasteiger partial charge in [-0.3, -0.25) is 13.9 Å². The first-order chi connectivity index (χ1) is 16.0. The molecule has 0 atom stereocenters. The zero-order valence-corrected chi connectivity index (χ0v) is 20.0. The number of benzene rings is 1. The molecular weight excluding hydrogens is 458 g/mol. The highest BCUT2D eigenvalue weighted by Crippen LogP contribution is 2.38. The average Bonchev–Trinajstić information content (AvgIpc) is 3.60. The molecule has 4 aromatic rings. The number of aromatic amines is 1. The van der Waals surface area contributed by atoms with Gasteiger partial charge in [0, 0.05) is 28.6 Å². The molecule has 3 heterocycles. The number of thioether (sulfide) groups is 1. The highest BCUT2D eigenvalue weighted by Gasteiger charge is 2.27. The average molecular weight is 482 g/mol. The summed E-state index contributed by atoms with van der Waals surface area (Å²) in [7, 11) is 0. The zero-order valence-electron chi connectivity index (χ0n) is 18.5.